The van der Waals surface area contributed by atoms with Gasteiger partial charge in [0.2, 0.25) is 0 Å². The number of hydrogen-bond acceptors (Lipinski definition) is 4. The lowest BCUT2D eigenvalue weighted by atomic mass is 10.2. The number of hydrogen-bond donors (Lipinski definition) is 2. The summed E-state index contributed by atoms with van der Waals surface area (Å²) < 4.78 is 5.03. The zero-order chi connectivity index (χ0) is 13.9. The number of pyridine rings is 1. The second-order valence-corrected chi connectivity index (χ2v) is 4.78. The van der Waals surface area contributed by atoms with Crippen LogP contribution in [0, 0.1) is 6.92 Å². The quantitative estimate of drug-likeness (QED) is 0.843. The van der Waals surface area contributed by atoms with Gasteiger partial charge in [0.1, 0.15) is 17.0 Å². The predicted molar refractivity (Wildman–Crippen MR) is 65.8 cm³/mol. The van der Waals surface area contributed by atoms with Crippen LogP contribution in [0.25, 0.3) is 0 Å². The van der Waals surface area contributed by atoms with Gasteiger partial charge in [-0.15, -0.1) is 0 Å². The summed E-state index contributed by atoms with van der Waals surface area (Å²) in [5.41, 5.74) is -0.130. The molecule has 0 spiro atoms. The Labute approximate surface area is 105 Å². The third-order valence-corrected chi connectivity index (χ3v) is 1.88. The van der Waals surface area contributed by atoms with E-state index in [-0.39, 0.29) is 11.4 Å². The van der Waals surface area contributed by atoms with Crippen molar-refractivity contribution in [3.63, 3.8) is 0 Å². The van der Waals surface area contributed by atoms with Crippen LogP contribution < -0.4 is 5.32 Å². The van der Waals surface area contributed by atoms with Gasteiger partial charge in [-0.3, -0.25) is 5.32 Å². The molecule has 0 saturated heterocycles. The van der Waals surface area contributed by atoms with Gasteiger partial charge in [0.05, 0.1) is 0 Å². The summed E-state index contributed by atoms with van der Waals surface area (Å²) in [6.07, 6.45) is -0.733. The van der Waals surface area contributed by atoms with Crippen molar-refractivity contribution in [2.24, 2.45) is 0 Å². The van der Waals surface area contributed by atoms with E-state index in [9.17, 15) is 9.59 Å². The third-order valence-electron chi connectivity index (χ3n) is 1.88. The highest BCUT2D eigenvalue weighted by Gasteiger charge is 2.19. The van der Waals surface area contributed by atoms with Crippen LogP contribution in [0.15, 0.2) is 12.1 Å². The molecule has 0 aliphatic carbocycles. The first-order valence-corrected chi connectivity index (χ1v) is 5.40. The second kappa shape index (κ2) is 5.03. The van der Waals surface area contributed by atoms with Gasteiger partial charge < -0.3 is 9.84 Å². The Kier molecular flexibility index (Phi) is 3.90. The number of aryl methyl sites for hydroxylation is 1. The van der Waals surface area contributed by atoms with Crippen molar-refractivity contribution in [1.82, 2.24) is 4.98 Å². The summed E-state index contributed by atoms with van der Waals surface area (Å²) in [7, 11) is 0. The number of ether oxygens (including phenoxy) is 1. The fraction of sp³-hybridized carbons (Fsp3) is 0.417. The molecule has 0 saturated carbocycles. The van der Waals surface area contributed by atoms with Crippen LogP contribution in [-0.4, -0.2) is 27.8 Å². The molecule has 6 heteroatoms. The normalized spacial score (nSPS) is 10.9. The van der Waals surface area contributed by atoms with Gasteiger partial charge in [-0.2, -0.15) is 0 Å². The lowest BCUT2D eigenvalue weighted by Gasteiger charge is -2.19. The van der Waals surface area contributed by atoms with E-state index in [0.717, 1.165) is 0 Å². The molecule has 0 unspecified atom stereocenters. The number of rotatable bonds is 2. The average Bonchev–Trinajstić information content (AvgIpc) is 2.13. The summed E-state index contributed by atoms with van der Waals surface area (Å²) in [4.78, 5) is 26.5. The lowest BCUT2D eigenvalue weighted by molar-refractivity contribution is 0.0635. The molecule has 1 heterocycles. The highest BCUT2D eigenvalue weighted by atomic mass is 16.6. The number of aromatic nitrogens is 1. The molecule has 0 aliphatic rings. The van der Waals surface area contributed by atoms with Crippen molar-refractivity contribution in [3.05, 3.63) is 23.4 Å². The van der Waals surface area contributed by atoms with Gasteiger partial charge in [-0.05, 0) is 39.8 Å². The number of aromatic carboxylic acids is 1. The number of nitrogens with one attached hydrogen (secondary N) is 1. The molecule has 0 aromatic carbocycles. The Morgan fingerprint density at radius 3 is 2.44 bits per heavy atom. The molecular weight excluding hydrogens is 236 g/mol. The van der Waals surface area contributed by atoms with Crippen LogP contribution in [-0.2, 0) is 4.74 Å². The number of nitrogens with zero attached hydrogens (tertiary/aromatic N) is 1. The zero-order valence-electron chi connectivity index (χ0n) is 10.8. The van der Waals surface area contributed by atoms with Crippen molar-refractivity contribution in [3.8, 4) is 0 Å². The first-order valence-electron chi connectivity index (χ1n) is 5.40. The van der Waals surface area contributed by atoms with E-state index in [2.05, 4.69) is 10.3 Å². The maximum absolute atomic E-state index is 11.5. The van der Waals surface area contributed by atoms with E-state index < -0.39 is 17.7 Å². The fourth-order valence-corrected chi connectivity index (χ4v) is 1.22. The van der Waals surface area contributed by atoms with Crippen LogP contribution in [0.2, 0.25) is 0 Å². The van der Waals surface area contributed by atoms with Gasteiger partial charge in [0.15, 0.2) is 0 Å². The lowest BCUT2D eigenvalue weighted by Crippen LogP contribution is -2.28. The molecule has 1 aromatic heterocycles. The molecule has 2 N–H and O–H groups in total. The molecule has 1 aromatic rings. The molecule has 0 atom stereocenters. The Hall–Kier alpha value is -2.11. The first-order chi connectivity index (χ1) is 8.19. The number of carboxylic acid groups (broad SMARTS) is 1. The zero-order valence-corrected chi connectivity index (χ0v) is 10.8. The van der Waals surface area contributed by atoms with Gasteiger partial charge in [-0.25, -0.2) is 14.6 Å². The van der Waals surface area contributed by atoms with Crippen molar-refractivity contribution >= 4 is 17.9 Å². The topological polar surface area (TPSA) is 88.5 Å². The van der Waals surface area contributed by atoms with Crippen molar-refractivity contribution in [1.29, 1.82) is 0 Å². The molecule has 0 aliphatic heterocycles. The van der Waals surface area contributed by atoms with Crippen molar-refractivity contribution in [2.75, 3.05) is 5.32 Å². The van der Waals surface area contributed by atoms with Crippen LogP contribution >= 0.6 is 0 Å². The first kappa shape index (κ1) is 14.0. The largest absolute Gasteiger partial charge is 0.478 e. The molecule has 18 heavy (non-hydrogen) atoms. The molecule has 1 amide bonds. The van der Waals surface area contributed by atoms with Crippen molar-refractivity contribution in [2.45, 2.75) is 33.3 Å². The van der Waals surface area contributed by atoms with Gasteiger partial charge in [0.25, 0.3) is 0 Å². The number of carboxylic acids is 1. The van der Waals surface area contributed by atoms with E-state index >= 15 is 0 Å². The summed E-state index contributed by atoms with van der Waals surface area (Å²) >= 11 is 0. The molecule has 6 nitrogen and oxygen atoms in total. The summed E-state index contributed by atoms with van der Waals surface area (Å²) in [6, 6.07) is 2.95. The van der Waals surface area contributed by atoms with Crippen molar-refractivity contribution < 1.29 is 19.4 Å². The summed E-state index contributed by atoms with van der Waals surface area (Å²) in [5, 5.41) is 11.3. The van der Waals surface area contributed by atoms with E-state index in [4.69, 9.17) is 9.84 Å². The smallest absolute Gasteiger partial charge is 0.413 e. The minimum atomic E-state index is -1.16. The predicted octanol–water partition coefficient (Wildman–Crippen LogP) is 2.44. The molecule has 0 fully saturated rings. The van der Waals surface area contributed by atoms with Crippen LogP contribution in [0.5, 0.6) is 0 Å². The minimum Gasteiger partial charge on any atom is -0.478 e. The van der Waals surface area contributed by atoms with E-state index in [1.807, 2.05) is 0 Å². The molecule has 1 rings (SSSR count). The highest BCUT2D eigenvalue weighted by Crippen LogP contribution is 2.15. The van der Waals surface area contributed by atoms with E-state index in [1.54, 1.807) is 33.8 Å². The second-order valence-electron chi connectivity index (χ2n) is 4.78. The number of carbonyl (C=O) groups excluding carboxylic acids is 1. The van der Waals surface area contributed by atoms with Crippen LogP contribution in [0.3, 0.4) is 0 Å². The summed E-state index contributed by atoms with van der Waals surface area (Å²) in [6.45, 7) is 6.85. The SMILES string of the molecule is Cc1ccc(C(=O)O)c(NC(=O)OC(C)(C)C)n1. The Balaban J connectivity index is 2.93. The van der Waals surface area contributed by atoms with Crippen LogP contribution in [0.1, 0.15) is 36.8 Å². The molecule has 98 valence electrons. The maximum atomic E-state index is 11.5. The number of carbonyl (C=O) groups is 2. The Morgan fingerprint density at radius 2 is 1.94 bits per heavy atom. The average molecular weight is 252 g/mol. The standard InChI is InChI=1S/C12H16N2O4/c1-7-5-6-8(10(15)16)9(13-7)14-11(17)18-12(2,3)4/h5-6H,1-4H3,(H,15,16)(H,13,14,17). The minimum absolute atomic E-state index is 0.0169. The maximum Gasteiger partial charge on any atom is 0.413 e. The van der Waals surface area contributed by atoms with E-state index in [1.165, 1.54) is 6.07 Å². The molecule has 0 radical (unpaired) electrons. The number of amides is 1. The van der Waals surface area contributed by atoms with Gasteiger partial charge >= 0.3 is 12.1 Å². The van der Waals surface area contributed by atoms with E-state index in [0.29, 0.717) is 5.69 Å². The molecule has 0 bridgehead atoms. The monoisotopic (exact) mass is 252 g/mol. The van der Waals surface area contributed by atoms with Gasteiger partial charge in [-0.1, -0.05) is 0 Å². The number of anilines is 1. The molecular formula is C12H16N2O4. The fourth-order valence-electron chi connectivity index (χ4n) is 1.22. The van der Waals surface area contributed by atoms with Crippen LogP contribution in [0.4, 0.5) is 10.6 Å². The highest BCUT2D eigenvalue weighted by molar-refractivity contribution is 5.97. The Morgan fingerprint density at radius 1 is 1.33 bits per heavy atom. The van der Waals surface area contributed by atoms with Gasteiger partial charge in [0, 0.05) is 5.69 Å². The Bertz CT molecular complexity index is 477. The summed E-state index contributed by atoms with van der Waals surface area (Å²) in [5.74, 6) is -1.18. The third kappa shape index (κ3) is 4.04.